The van der Waals surface area contributed by atoms with Gasteiger partial charge in [0.1, 0.15) is 0 Å². The zero-order chi connectivity index (χ0) is 13.1. The lowest BCUT2D eigenvalue weighted by atomic mass is 9.81. The molecule has 0 saturated carbocycles. The molecular weight excluding hydrogens is 230 g/mol. The zero-order valence-electron chi connectivity index (χ0n) is 11.9. The number of rotatable bonds is 3. The molecule has 102 valence electrons. The molecule has 0 aromatic heterocycles. The van der Waals surface area contributed by atoms with E-state index in [1.54, 1.807) is 11.1 Å². The van der Waals surface area contributed by atoms with Crippen LogP contribution in [0.5, 0.6) is 0 Å². The first-order chi connectivity index (χ1) is 9.34. The predicted octanol–water partition coefficient (Wildman–Crippen LogP) is 4.57. The third kappa shape index (κ3) is 2.92. The van der Waals surface area contributed by atoms with Crippen molar-refractivity contribution in [2.45, 2.75) is 51.0 Å². The summed E-state index contributed by atoms with van der Waals surface area (Å²) < 4.78 is 0. The van der Waals surface area contributed by atoms with Crippen molar-refractivity contribution in [3.63, 3.8) is 0 Å². The largest absolute Gasteiger partial charge is 0.310 e. The summed E-state index contributed by atoms with van der Waals surface area (Å²) in [6.45, 7) is 3.54. The lowest BCUT2D eigenvalue weighted by Gasteiger charge is -2.32. The quantitative estimate of drug-likeness (QED) is 0.780. The van der Waals surface area contributed by atoms with Gasteiger partial charge in [-0.1, -0.05) is 43.3 Å². The maximum absolute atomic E-state index is 3.83. The minimum absolute atomic E-state index is 0.582. The van der Waals surface area contributed by atoms with Gasteiger partial charge in [0, 0.05) is 6.04 Å². The average molecular weight is 255 g/mol. The summed E-state index contributed by atoms with van der Waals surface area (Å²) >= 11 is 0. The normalized spacial score (nSPS) is 30.1. The van der Waals surface area contributed by atoms with Gasteiger partial charge < -0.3 is 5.32 Å². The van der Waals surface area contributed by atoms with Gasteiger partial charge in [0.05, 0.1) is 0 Å². The summed E-state index contributed by atoms with van der Waals surface area (Å²) in [5.41, 5.74) is 3.11. The first-order valence-corrected chi connectivity index (χ1v) is 7.82. The van der Waals surface area contributed by atoms with Gasteiger partial charge in [-0.3, -0.25) is 0 Å². The Morgan fingerprint density at radius 3 is 2.68 bits per heavy atom. The molecule has 19 heavy (non-hydrogen) atoms. The van der Waals surface area contributed by atoms with Crippen molar-refractivity contribution >= 4 is 0 Å². The van der Waals surface area contributed by atoms with Crippen molar-refractivity contribution in [2.24, 2.45) is 5.92 Å². The van der Waals surface area contributed by atoms with Crippen molar-refractivity contribution in [2.75, 3.05) is 6.54 Å². The van der Waals surface area contributed by atoms with Crippen LogP contribution in [-0.2, 0) is 0 Å². The van der Waals surface area contributed by atoms with Gasteiger partial charge in [0.2, 0.25) is 0 Å². The fraction of sp³-hybridized carbons (Fsp3) is 0.556. The molecule has 3 atom stereocenters. The number of nitrogens with one attached hydrogen (secondary N) is 1. The summed E-state index contributed by atoms with van der Waals surface area (Å²) in [5.74, 6) is 1.57. The van der Waals surface area contributed by atoms with E-state index in [1.807, 2.05) is 0 Å². The maximum atomic E-state index is 3.83. The highest BCUT2D eigenvalue weighted by molar-refractivity contribution is 5.34. The van der Waals surface area contributed by atoms with E-state index in [1.165, 1.54) is 38.6 Å². The Morgan fingerprint density at radius 1 is 1.05 bits per heavy atom. The Kier molecular flexibility index (Phi) is 4.03. The van der Waals surface area contributed by atoms with Crippen LogP contribution in [0, 0.1) is 5.92 Å². The SMILES string of the molecule is CC1CCC(NCC2CC=CCC2)c2ccccc21. The molecular formula is C18H25N. The van der Waals surface area contributed by atoms with E-state index in [0.717, 1.165) is 11.8 Å². The molecule has 0 heterocycles. The molecule has 0 bridgehead atoms. The van der Waals surface area contributed by atoms with Crippen LogP contribution < -0.4 is 5.32 Å². The molecule has 0 aliphatic heterocycles. The minimum Gasteiger partial charge on any atom is -0.310 e. The third-order valence-electron chi connectivity index (χ3n) is 4.82. The van der Waals surface area contributed by atoms with Gasteiger partial charge in [0.15, 0.2) is 0 Å². The number of hydrogen-bond acceptors (Lipinski definition) is 1. The molecule has 1 aromatic rings. The van der Waals surface area contributed by atoms with E-state index in [4.69, 9.17) is 0 Å². The molecule has 3 rings (SSSR count). The highest BCUT2D eigenvalue weighted by Crippen LogP contribution is 2.37. The summed E-state index contributed by atoms with van der Waals surface area (Å²) in [6.07, 6.45) is 11.2. The summed E-state index contributed by atoms with van der Waals surface area (Å²) in [7, 11) is 0. The second-order valence-corrected chi connectivity index (χ2v) is 6.22. The van der Waals surface area contributed by atoms with Gasteiger partial charge in [-0.2, -0.15) is 0 Å². The van der Waals surface area contributed by atoms with Crippen molar-refractivity contribution in [1.29, 1.82) is 0 Å². The van der Waals surface area contributed by atoms with Crippen LogP contribution in [0.3, 0.4) is 0 Å². The van der Waals surface area contributed by atoms with E-state index in [-0.39, 0.29) is 0 Å². The summed E-state index contributed by atoms with van der Waals surface area (Å²) in [6, 6.07) is 9.59. The Bertz CT molecular complexity index is 449. The summed E-state index contributed by atoms with van der Waals surface area (Å²) in [5, 5.41) is 3.83. The average Bonchev–Trinajstić information content (AvgIpc) is 2.48. The van der Waals surface area contributed by atoms with E-state index in [2.05, 4.69) is 48.7 Å². The highest BCUT2D eigenvalue weighted by atomic mass is 14.9. The first-order valence-electron chi connectivity index (χ1n) is 7.82. The lowest BCUT2D eigenvalue weighted by Crippen LogP contribution is -2.30. The number of hydrogen-bond donors (Lipinski definition) is 1. The molecule has 1 heteroatoms. The van der Waals surface area contributed by atoms with Gasteiger partial charge in [0.25, 0.3) is 0 Å². The van der Waals surface area contributed by atoms with Crippen molar-refractivity contribution in [3.05, 3.63) is 47.5 Å². The number of fused-ring (bicyclic) bond motifs is 1. The maximum Gasteiger partial charge on any atom is 0.0323 e. The van der Waals surface area contributed by atoms with Gasteiger partial charge in [-0.05, 0) is 61.6 Å². The van der Waals surface area contributed by atoms with Crippen LogP contribution in [0.1, 0.15) is 62.1 Å². The molecule has 3 unspecified atom stereocenters. The zero-order valence-corrected chi connectivity index (χ0v) is 11.9. The number of benzene rings is 1. The van der Waals surface area contributed by atoms with Crippen LogP contribution in [-0.4, -0.2) is 6.54 Å². The standard InChI is InChI=1S/C18H25N/c1-14-11-12-18(17-10-6-5-9-16(14)17)19-13-15-7-3-2-4-8-15/h2-3,5-6,9-10,14-15,18-19H,4,7-8,11-13H2,1H3. The Morgan fingerprint density at radius 2 is 1.89 bits per heavy atom. The van der Waals surface area contributed by atoms with E-state index in [0.29, 0.717) is 6.04 Å². The first kappa shape index (κ1) is 12.9. The molecule has 0 spiro atoms. The smallest absolute Gasteiger partial charge is 0.0323 e. The third-order valence-corrected chi connectivity index (χ3v) is 4.82. The van der Waals surface area contributed by atoms with Gasteiger partial charge in [-0.25, -0.2) is 0 Å². The number of allylic oxidation sites excluding steroid dienone is 2. The van der Waals surface area contributed by atoms with Gasteiger partial charge in [-0.15, -0.1) is 0 Å². The molecule has 2 aliphatic rings. The Labute approximate surface area is 117 Å². The van der Waals surface area contributed by atoms with Crippen LogP contribution in [0.25, 0.3) is 0 Å². The van der Waals surface area contributed by atoms with Crippen LogP contribution in [0.2, 0.25) is 0 Å². The van der Waals surface area contributed by atoms with Crippen LogP contribution in [0.15, 0.2) is 36.4 Å². The second-order valence-electron chi connectivity index (χ2n) is 6.22. The van der Waals surface area contributed by atoms with Crippen molar-refractivity contribution in [1.82, 2.24) is 5.32 Å². The molecule has 1 N–H and O–H groups in total. The predicted molar refractivity (Wildman–Crippen MR) is 81.3 cm³/mol. The highest BCUT2D eigenvalue weighted by Gasteiger charge is 2.24. The molecule has 0 amide bonds. The monoisotopic (exact) mass is 255 g/mol. The van der Waals surface area contributed by atoms with Crippen LogP contribution in [0.4, 0.5) is 0 Å². The molecule has 0 saturated heterocycles. The fourth-order valence-electron chi connectivity index (χ4n) is 3.57. The van der Waals surface area contributed by atoms with Crippen molar-refractivity contribution < 1.29 is 0 Å². The van der Waals surface area contributed by atoms with E-state index in [9.17, 15) is 0 Å². The van der Waals surface area contributed by atoms with Gasteiger partial charge >= 0.3 is 0 Å². The van der Waals surface area contributed by atoms with Crippen LogP contribution >= 0.6 is 0 Å². The molecule has 2 aliphatic carbocycles. The molecule has 1 aromatic carbocycles. The van der Waals surface area contributed by atoms with E-state index < -0.39 is 0 Å². The molecule has 0 radical (unpaired) electrons. The minimum atomic E-state index is 0.582. The molecule has 0 fully saturated rings. The Balaban J connectivity index is 1.65. The fourth-order valence-corrected chi connectivity index (χ4v) is 3.57. The van der Waals surface area contributed by atoms with E-state index >= 15 is 0 Å². The van der Waals surface area contributed by atoms with Crippen molar-refractivity contribution in [3.8, 4) is 0 Å². The topological polar surface area (TPSA) is 12.0 Å². The molecule has 1 nitrogen and oxygen atoms in total. The Hall–Kier alpha value is -1.08. The lowest BCUT2D eigenvalue weighted by molar-refractivity contribution is 0.372. The second kappa shape index (κ2) is 5.92. The summed E-state index contributed by atoms with van der Waals surface area (Å²) in [4.78, 5) is 0.